The molecule has 0 aliphatic carbocycles. The first kappa shape index (κ1) is 23.8. The number of aromatic amines is 1. The molecule has 2 aromatic carbocycles. The number of benzene rings is 2. The predicted molar refractivity (Wildman–Crippen MR) is 128 cm³/mol. The van der Waals surface area contributed by atoms with Gasteiger partial charge >= 0.3 is 5.69 Å². The number of hydrogen-bond donors (Lipinski definition) is 1. The van der Waals surface area contributed by atoms with Gasteiger partial charge in [0, 0.05) is 63.0 Å². The van der Waals surface area contributed by atoms with Crippen LogP contribution in [-0.4, -0.2) is 65.7 Å². The standard InChI is InChI=1S/C23H25N5O7/c1-34-19-13-17-18(14-20(19)35-2)24-23(31)27(22(17)30)8-7-21(29)26-11-9-25(10-12-26)15-3-5-16(6-4-15)28(32)33/h3-6,13-14H,7-12H2,1-2H3,(H,24,31). The van der Waals surface area contributed by atoms with Crippen LogP contribution in [0.2, 0.25) is 0 Å². The van der Waals surface area contributed by atoms with Crippen molar-refractivity contribution in [1.82, 2.24) is 14.5 Å². The molecule has 4 rings (SSSR count). The first-order chi connectivity index (χ1) is 16.8. The van der Waals surface area contributed by atoms with Crippen molar-refractivity contribution in [1.29, 1.82) is 0 Å². The molecule has 1 aliphatic heterocycles. The summed E-state index contributed by atoms with van der Waals surface area (Å²) in [6.45, 7) is 2.02. The normalized spacial score (nSPS) is 13.7. The van der Waals surface area contributed by atoms with Crippen LogP contribution in [0.3, 0.4) is 0 Å². The van der Waals surface area contributed by atoms with Gasteiger partial charge in [-0.2, -0.15) is 0 Å². The Morgan fingerprint density at radius 2 is 1.66 bits per heavy atom. The summed E-state index contributed by atoms with van der Waals surface area (Å²) in [5.41, 5.74) is 0.0802. The third kappa shape index (κ3) is 4.81. The number of non-ortho nitro benzene ring substituents is 1. The first-order valence-electron chi connectivity index (χ1n) is 11.0. The van der Waals surface area contributed by atoms with Gasteiger partial charge in [-0.3, -0.25) is 24.3 Å². The zero-order chi connectivity index (χ0) is 25.1. The molecule has 0 unspecified atom stereocenters. The predicted octanol–water partition coefficient (Wildman–Crippen LogP) is 1.35. The lowest BCUT2D eigenvalue weighted by molar-refractivity contribution is -0.384. The number of nitrogens with one attached hydrogen (secondary N) is 1. The van der Waals surface area contributed by atoms with E-state index in [1.165, 1.54) is 38.5 Å². The lowest BCUT2D eigenvalue weighted by Gasteiger charge is -2.36. The fraction of sp³-hybridized carbons (Fsp3) is 0.348. The number of carbonyl (C=O) groups excluding carboxylic acids is 1. The molecule has 1 amide bonds. The molecule has 2 heterocycles. The minimum Gasteiger partial charge on any atom is -0.493 e. The van der Waals surface area contributed by atoms with Crippen LogP contribution in [0.4, 0.5) is 11.4 Å². The van der Waals surface area contributed by atoms with Crippen molar-refractivity contribution < 1.29 is 19.2 Å². The van der Waals surface area contributed by atoms with Crippen molar-refractivity contribution in [3.8, 4) is 11.5 Å². The summed E-state index contributed by atoms with van der Waals surface area (Å²) in [7, 11) is 2.91. The summed E-state index contributed by atoms with van der Waals surface area (Å²) < 4.78 is 11.5. The largest absolute Gasteiger partial charge is 0.493 e. The van der Waals surface area contributed by atoms with E-state index in [1.54, 1.807) is 17.0 Å². The topological polar surface area (TPSA) is 140 Å². The molecular weight excluding hydrogens is 458 g/mol. The number of ether oxygens (including phenoxy) is 2. The molecule has 1 aliphatic rings. The summed E-state index contributed by atoms with van der Waals surface area (Å²) in [6, 6.07) is 9.32. The number of nitro benzene ring substituents is 1. The Morgan fingerprint density at radius 3 is 2.26 bits per heavy atom. The fourth-order valence-electron chi connectivity index (χ4n) is 4.15. The molecular formula is C23H25N5O7. The highest BCUT2D eigenvalue weighted by Crippen LogP contribution is 2.29. The number of hydrogen-bond acceptors (Lipinski definition) is 8. The maximum Gasteiger partial charge on any atom is 0.328 e. The van der Waals surface area contributed by atoms with Crippen LogP contribution in [-0.2, 0) is 11.3 Å². The fourth-order valence-corrected chi connectivity index (χ4v) is 4.15. The van der Waals surface area contributed by atoms with Crippen molar-refractivity contribution in [2.45, 2.75) is 13.0 Å². The first-order valence-corrected chi connectivity index (χ1v) is 11.0. The molecule has 0 saturated carbocycles. The van der Waals surface area contributed by atoms with Gasteiger partial charge in [-0.25, -0.2) is 4.79 Å². The van der Waals surface area contributed by atoms with Gasteiger partial charge in [-0.15, -0.1) is 0 Å². The number of piperazine rings is 1. The molecule has 0 radical (unpaired) electrons. The minimum atomic E-state index is -0.606. The van der Waals surface area contributed by atoms with E-state index in [1.807, 2.05) is 4.90 Å². The Kier molecular flexibility index (Phi) is 6.71. The van der Waals surface area contributed by atoms with Crippen LogP contribution in [0.15, 0.2) is 46.0 Å². The van der Waals surface area contributed by atoms with E-state index in [0.29, 0.717) is 43.2 Å². The summed E-state index contributed by atoms with van der Waals surface area (Å²) in [6.07, 6.45) is -0.000680. The van der Waals surface area contributed by atoms with Crippen LogP contribution in [0.5, 0.6) is 11.5 Å². The van der Waals surface area contributed by atoms with E-state index >= 15 is 0 Å². The highest BCUT2D eigenvalue weighted by molar-refractivity contribution is 5.81. The van der Waals surface area contributed by atoms with Gasteiger partial charge < -0.3 is 24.3 Å². The molecule has 1 saturated heterocycles. The van der Waals surface area contributed by atoms with Crippen molar-refractivity contribution >= 4 is 28.2 Å². The van der Waals surface area contributed by atoms with Crippen molar-refractivity contribution in [2.75, 3.05) is 45.3 Å². The quantitative estimate of drug-likeness (QED) is 0.392. The molecule has 12 nitrogen and oxygen atoms in total. The second-order valence-electron chi connectivity index (χ2n) is 8.03. The van der Waals surface area contributed by atoms with Crippen LogP contribution >= 0.6 is 0 Å². The summed E-state index contributed by atoms with van der Waals surface area (Å²) in [5.74, 6) is 0.584. The monoisotopic (exact) mass is 483 g/mol. The number of methoxy groups -OCH3 is 2. The third-order valence-electron chi connectivity index (χ3n) is 6.09. The number of nitrogens with zero attached hydrogens (tertiary/aromatic N) is 4. The number of carbonyl (C=O) groups is 1. The zero-order valence-corrected chi connectivity index (χ0v) is 19.4. The van der Waals surface area contributed by atoms with Gasteiger partial charge in [0.25, 0.3) is 11.2 Å². The van der Waals surface area contributed by atoms with Crippen LogP contribution in [0, 0.1) is 10.1 Å². The smallest absolute Gasteiger partial charge is 0.328 e. The lowest BCUT2D eigenvalue weighted by atomic mass is 10.2. The van der Waals surface area contributed by atoms with Gasteiger partial charge in [0.05, 0.1) is 30.0 Å². The maximum atomic E-state index is 12.9. The molecule has 0 atom stereocenters. The van der Waals surface area contributed by atoms with Crippen LogP contribution < -0.4 is 25.6 Å². The van der Waals surface area contributed by atoms with Gasteiger partial charge in [-0.1, -0.05) is 0 Å². The van der Waals surface area contributed by atoms with E-state index in [4.69, 9.17) is 9.47 Å². The van der Waals surface area contributed by atoms with Crippen LogP contribution in [0.25, 0.3) is 10.9 Å². The highest BCUT2D eigenvalue weighted by atomic mass is 16.6. The van der Waals surface area contributed by atoms with E-state index in [2.05, 4.69) is 4.98 Å². The highest BCUT2D eigenvalue weighted by Gasteiger charge is 2.22. The Morgan fingerprint density at radius 1 is 1.03 bits per heavy atom. The minimum absolute atomic E-state index is 0.000680. The SMILES string of the molecule is COc1cc2[nH]c(=O)n(CCC(=O)N3CCN(c4ccc([N+](=O)[O-])cc4)CC3)c(=O)c2cc1OC. The number of anilines is 1. The summed E-state index contributed by atoms with van der Waals surface area (Å²) in [4.78, 5) is 55.0. The number of H-pyrrole nitrogens is 1. The average molecular weight is 483 g/mol. The third-order valence-corrected chi connectivity index (χ3v) is 6.09. The molecule has 0 spiro atoms. The summed E-state index contributed by atoms with van der Waals surface area (Å²) in [5, 5.41) is 11.1. The molecule has 1 fully saturated rings. The second kappa shape index (κ2) is 9.87. The summed E-state index contributed by atoms with van der Waals surface area (Å²) >= 11 is 0. The van der Waals surface area contributed by atoms with E-state index in [0.717, 1.165) is 10.3 Å². The van der Waals surface area contributed by atoms with Gasteiger partial charge in [0.15, 0.2) is 11.5 Å². The van der Waals surface area contributed by atoms with Crippen molar-refractivity contribution in [3.63, 3.8) is 0 Å². The molecule has 1 N–H and O–H groups in total. The number of rotatable bonds is 7. The number of fused-ring (bicyclic) bond motifs is 1. The van der Waals surface area contributed by atoms with E-state index in [-0.39, 0.29) is 29.9 Å². The van der Waals surface area contributed by atoms with Crippen LogP contribution in [0.1, 0.15) is 6.42 Å². The van der Waals surface area contributed by atoms with Crippen molar-refractivity contribution in [2.24, 2.45) is 0 Å². The molecule has 184 valence electrons. The van der Waals surface area contributed by atoms with Gasteiger partial charge in [0.1, 0.15) is 0 Å². The van der Waals surface area contributed by atoms with Crippen molar-refractivity contribution in [3.05, 3.63) is 67.4 Å². The van der Waals surface area contributed by atoms with Gasteiger partial charge in [-0.05, 0) is 18.2 Å². The Hall–Kier alpha value is -4.35. The Labute approximate surface area is 199 Å². The van der Waals surface area contributed by atoms with E-state index in [9.17, 15) is 24.5 Å². The molecule has 3 aromatic rings. The average Bonchev–Trinajstić information content (AvgIpc) is 2.87. The number of amides is 1. The number of aromatic nitrogens is 2. The Balaban J connectivity index is 1.41. The molecule has 12 heteroatoms. The molecule has 1 aromatic heterocycles. The lowest BCUT2D eigenvalue weighted by Crippen LogP contribution is -2.49. The van der Waals surface area contributed by atoms with E-state index < -0.39 is 16.2 Å². The second-order valence-corrected chi connectivity index (χ2v) is 8.03. The number of nitro groups is 1. The maximum absolute atomic E-state index is 12.9. The molecule has 0 bridgehead atoms. The Bertz CT molecular complexity index is 1370. The van der Waals surface area contributed by atoms with Gasteiger partial charge in [0.2, 0.25) is 5.91 Å². The zero-order valence-electron chi connectivity index (χ0n) is 19.4. The molecule has 35 heavy (non-hydrogen) atoms.